The number of ether oxygens (including phenoxy) is 1. The number of hydrogen-bond acceptors (Lipinski definition) is 3. The van der Waals surface area contributed by atoms with Crippen LogP contribution >= 0.6 is 0 Å². The van der Waals surface area contributed by atoms with E-state index in [9.17, 15) is 9.59 Å². The number of carbonyl (C=O) groups excluding carboxylic acids is 2. The van der Waals surface area contributed by atoms with Gasteiger partial charge in [-0.05, 0) is 32.9 Å². The summed E-state index contributed by atoms with van der Waals surface area (Å²) in [7, 11) is 0. The van der Waals surface area contributed by atoms with Crippen LogP contribution in [0.4, 0.5) is 0 Å². The highest BCUT2D eigenvalue weighted by atomic mass is 16.5. The monoisotopic (exact) mass is 235 g/mol. The minimum absolute atomic E-state index is 0.0418. The molecule has 1 N–H and O–H groups in total. The summed E-state index contributed by atoms with van der Waals surface area (Å²) in [6, 6.07) is 7.10. The van der Waals surface area contributed by atoms with Crippen LogP contribution in [0.1, 0.15) is 29.8 Å². The SMILES string of the molecule is Cc1cccc(C(=O)OCC(=O)NC(C)C)c1. The predicted octanol–water partition coefficient (Wildman–Crippen LogP) is 1.68. The molecule has 0 aliphatic heterocycles. The molecule has 0 spiro atoms. The first kappa shape index (κ1) is 13.2. The van der Waals surface area contributed by atoms with Crippen molar-refractivity contribution in [3.05, 3.63) is 35.4 Å². The first-order valence-corrected chi connectivity index (χ1v) is 5.52. The molecule has 0 aliphatic rings. The minimum Gasteiger partial charge on any atom is -0.452 e. The highest BCUT2D eigenvalue weighted by Crippen LogP contribution is 2.05. The van der Waals surface area contributed by atoms with Crippen molar-refractivity contribution in [2.75, 3.05) is 6.61 Å². The molecule has 4 nitrogen and oxygen atoms in total. The summed E-state index contributed by atoms with van der Waals surface area (Å²) in [5, 5.41) is 2.64. The van der Waals surface area contributed by atoms with Gasteiger partial charge >= 0.3 is 5.97 Å². The number of aryl methyl sites for hydroxylation is 1. The summed E-state index contributed by atoms with van der Waals surface area (Å²) in [4.78, 5) is 22.9. The van der Waals surface area contributed by atoms with E-state index < -0.39 is 5.97 Å². The quantitative estimate of drug-likeness (QED) is 0.808. The molecular formula is C13H17NO3. The lowest BCUT2D eigenvalue weighted by Crippen LogP contribution is -2.33. The third-order valence-electron chi connectivity index (χ3n) is 2.04. The Morgan fingerprint density at radius 1 is 1.35 bits per heavy atom. The van der Waals surface area contributed by atoms with E-state index in [1.807, 2.05) is 26.8 Å². The van der Waals surface area contributed by atoms with Gasteiger partial charge in [0.05, 0.1) is 5.56 Å². The maximum Gasteiger partial charge on any atom is 0.338 e. The van der Waals surface area contributed by atoms with Gasteiger partial charge in [-0.1, -0.05) is 17.7 Å². The Morgan fingerprint density at radius 2 is 2.06 bits per heavy atom. The third-order valence-corrected chi connectivity index (χ3v) is 2.04. The molecule has 17 heavy (non-hydrogen) atoms. The number of nitrogens with one attached hydrogen (secondary N) is 1. The molecule has 4 heteroatoms. The molecule has 0 radical (unpaired) electrons. The average Bonchev–Trinajstić information content (AvgIpc) is 2.25. The third kappa shape index (κ3) is 4.68. The lowest BCUT2D eigenvalue weighted by Gasteiger charge is -2.08. The number of carbonyl (C=O) groups is 2. The van der Waals surface area contributed by atoms with Gasteiger partial charge in [-0.2, -0.15) is 0 Å². The number of rotatable bonds is 4. The fourth-order valence-corrected chi connectivity index (χ4v) is 1.35. The van der Waals surface area contributed by atoms with E-state index in [2.05, 4.69) is 5.32 Å². The average molecular weight is 235 g/mol. The number of esters is 1. The van der Waals surface area contributed by atoms with E-state index in [0.717, 1.165) is 5.56 Å². The van der Waals surface area contributed by atoms with Gasteiger partial charge in [0.15, 0.2) is 6.61 Å². The highest BCUT2D eigenvalue weighted by molar-refractivity contribution is 5.91. The number of hydrogen-bond donors (Lipinski definition) is 1. The second kappa shape index (κ2) is 6.03. The summed E-state index contributed by atoms with van der Waals surface area (Å²) < 4.78 is 4.89. The second-order valence-electron chi connectivity index (χ2n) is 4.17. The minimum atomic E-state index is -0.479. The molecule has 0 bridgehead atoms. The summed E-state index contributed by atoms with van der Waals surface area (Å²) in [5.74, 6) is -0.770. The standard InChI is InChI=1S/C13H17NO3/c1-9(2)14-12(15)8-17-13(16)11-6-4-5-10(3)7-11/h4-7,9H,8H2,1-3H3,(H,14,15). The van der Waals surface area contributed by atoms with Gasteiger partial charge in [-0.3, -0.25) is 4.79 Å². The van der Waals surface area contributed by atoms with Crippen LogP contribution in [-0.4, -0.2) is 24.5 Å². The van der Waals surface area contributed by atoms with Crippen LogP contribution in [0.5, 0.6) is 0 Å². The van der Waals surface area contributed by atoms with Crippen LogP contribution in [0.2, 0.25) is 0 Å². The van der Waals surface area contributed by atoms with Crippen molar-refractivity contribution in [1.29, 1.82) is 0 Å². The molecule has 1 rings (SSSR count). The van der Waals surface area contributed by atoms with Crippen molar-refractivity contribution in [2.24, 2.45) is 0 Å². The van der Waals surface area contributed by atoms with E-state index in [4.69, 9.17) is 4.74 Å². The van der Waals surface area contributed by atoms with Gasteiger partial charge in [-0.15, -0.1) is 0 Å². The van der Waals surface area contributed by atoms with E-state index in [0.29, 0.717) is 5.56 Å². The highest BCUT2D eigenvalue weighted by Gasteiger charge is 2.10. The second-order valence-corrected chi connectivity index (χ2v) is 4.17. The van der Waals surface area contributed by atoms with Crippen molar-refractivity contribution >= 4 is 11.9 Å². The largest absolute Gasteiger partial charge is 0.452 e. The van der Waals surface area contributed by atoms with Gasteiger partial charge < -0.3 is 10.1 Å². The van der Waals surface area contributed by atoms with Crippen molar-refractivity contribution in [2.45, 2.75) is 26.8 Å². The van der Waals surface area contributed by atoms with Crippen LogP contribution in [0.15, 0.2) is 24.3 Å². The maximum absolute atomic E-state index is 11.6. The van der Waals surface area contributed by atoms with Crippen molar-refractivity contribution in [1.82, 2.24) is 5.32 Å². The van der Waals surface area contributed by atoms with Crippen LogP contribution in [0.3, 0.4) is 0 Å². The topological polar surface area (TPSA) is 55.4 Å². The molecule has 0 aromatic heterocycles. The fourth-order valence-electron chi connectivity index (χ4n) is 1.35. The lowest BCUT2D eigenvalue weighted by molar-refractivity contribution is -0.124. The van der Waals surface area contributed by atoms with Crippen molar-refractivity contribution < 1.29 is 14.3 Å². The summed E-state index contributed by atoms with van der Waals surface area (Å²) >= 11 is 0. The Bertz CT molecular complexity index is 413. The summed E-state index contributed by atoms with van der Waals surface area (Å²) in [6.45, 7) is 5.34. The van der Waals surface area contributed by atoms with Gasteiger partial charge in [0.1, 0.15) is 0 Å². The molecular weight excluding hydrogens is 218 g/mol. The first-order chi connectivity index (χ1) is 7.99. The fraction of sp³-hybridized carbons (Fsp3) is 0.385. The molecule has 92 valence electrons. The Kier molecular flexibility index (Phi) is 4.69. The summed E-state index contributed by atoms with van der Waals surface area (Å²) in [5.41, 5.74) is 1.44. The zero-order valence-corrected chi connectivity index (χ0v) is 10.3. The smallest absolute Gasteiger partial charge is 0.338 e. The normalized spacial score (nSPS) is 10.1. The number of benzene rings is 1. The van der Waals surface area contributed by atoms with Crippen LogP contribution in [0, 0.1) is 6.92 Å². The maximum atomic E-state index is 11.6. The molecule has 1 aromatic rings. The van der Waals surface area contributed by atoms with Gasteiger partial charge in [0.25, 0.3) is 5.91 Å². The zero-order chi connectivity index (χ0) is 12.8. The molecule has 0 atom stereocenters. The predicted molar refractivity (Wildman–Crippen MR) is 64.7 cm³/mol. The lowest BCUT2D eigenvalue weighted by atomic mass is 10.1. The Labute approximate surface area is 101 Å². The Hall–Kier alpha value is -1.84. The van der Waals surface area contributed by atoms with E-state index in [1.54, 1.807) is 18.2 Å². The first-order valence-electron chi connectivity index (χ1n) is 5.52. The van der Waals surface area contributed by atoms with Gasteiger partial charge in [0.2, 0.25) is 0 Å². The molecule has 1 amide bonds. The van der Waals surface area contributed by atoms with Gasteiger partial charge in [0, 0.05) is 6.04 Å². The van der Waals surface area contributed by atoms with Crippen molar-refractivity contribution in [3.8, 4) is 0 Å². The molecule has 0 aliphatic carbocycles. The molecule has 0 saturated carbocycles. The van der Waals surface area contributed by atoms with E-state index in [1.165, 1.54) is 0 Å². The molecule has 0 heterocycles. The van der Waals surface area contributed by atoms with Crippen LogP contribution < -0.4 is 5.32 Å². The van der Waals surface area contributed by atoms with E-state index in [-0.39, 0.29) is 18.6 Å². The molecule has 0 unspecified atom stereocenters. The molecule has 0 fully saturated rings. The van der Waals surface area contributed by atoms with Crippen molar-refractivity contribution in [3.63, 3.8) is 0 Å². The van der Waals surface area contributed by atoms with Gasteiger partial charge in [-0.25, -0.2) is 4.79 Å². The Balaban J connectivity index is 2.48. The summed E-state index contributed by atoms with van der Waals surface area (Å²) in [6.07, 6.45) is 0. The van der Waals surface area contributed by atoms with Crippen LogP contribution in [-0.2, 0) is 9.53 Å². The number of amides is 1. The Morgan fingerprint density at radius 3 is 2.65 bits per heavy atom. The molecule has 1 aromatic carbocycles. The van der Waals surface area contributed by atoms with Crippen LogP contribution in [0.25, 0.3) is 0 Å². The van der Waals surface area contributed by atoms with E-state index >= 15 is 0 Å². The zero-order valence-electron chi connectivity index (χ0n) is 10.3. The molecule has 0 saturated heterocycles.